The predicted molar refractivity (Wildman–Crippen MR) is 81.0 cm³/mol. The molecule has 1 heterocycles. The Morgan fingerprint density at radius 3 is 2.70 bits per heavy atom. The van der Waals surface area contributed by atoms with Crippen LogP contribution in [0.2, 0.25) is 0 Å². The fourth-order valence-corrected chi connectivity index (χ4v) is 2.70. The van der Waals surface area contributed by atoms with E-state index in [4.69, 9.17) is 5.73 Å². The van der Waals surface area contributed by atoms with Crippen molar-refractivity contribution >= 4 is 17.7 Å². The lowest BCUT2D eigenvalue weighted by atomic mass is 10.2. The summed E-state index contributed by atoms with van der Waals surface area (Å²) < 4.78 is 0. The van der Waals surface area contributed by atoms with Gasteiger partial charge in [0.2, 0.25) is 5.91 Å². The second kappa shape index (κ2) is 5.67. The molecule has 3 N–H and O–H groups in total. The number of likely N-dealkylation sites (tertiary alicyclic amines) is 1. The van der Waals surface area contributed by atoms with Gasteiger partial charge in [0.15, 0.2) is 0 Å². The summed E-state index contributed by atoms with van der Waals surface area (Å²) in [5.41, 5.74) is 7.35. The topological polar surface area (TPSA) is 58.4 Å². The van der Waals surface area contributed by atoms with Gasteiger partial charge in [0.05, 0.1) is 0 Å². The summed E-state index contributed by atoms with van der Waals surface area (Å²) in [5, 5.41) is 3.08. The first kappa shape index (κ1) is 13.2. The molecule has 1 aromatic carbocycles. The van der Waals surface area contributed by atoms with E-state index in [2.05, 4.69) is 10.2 Å². The molecule has 1 amide bonds. The Labute approximate surface area is 119 Å². The van der Waals surface area contributed by atoms with E-state index in [0.29, 0.717) is 6.04 Å². The van der Waals surface area contributed by atoms with Crippen LogP contribution in [0.25, 0.3) is 6.08 Å². The SMILES string of the molecule is Nc1ccc(/C=C/C(=O)NC2CCN(C3CC3)C2)cc1. The molecule has 0 bridgehead atoms. The van der Waals surface area contributed by atoms with Gasteiger partial charge in [0, 0.05) is 36.9 Å². The van der Waals surface area contributed by atoms with Gasteiger partial charge in [-0.25, -0.2) is 0 Å². The third kappa shape index (κ3) is 3.39. The number of nitrogens with two attached hydrogens (primary N) is 1. The van der Waals surface area contributed by atoms with Crippen LogP contribution in [0.3, 0.4) is 0 Å². The first-order chi connectivity index (χ1) is 9.70. The lowest BCUT2D eigenvalue weighted by Gasteiger charge is -2.14. The maximum Gasteiger partial charge on any atom is 0.244 e. The van der Waals surface area contributed by atoms with Crippen LogP contribution in [0, 0.1) is 0 Å². The summed E-state index contributed by atoms with van der Waals surface area (Å²) in [6.07, 6.45) is 7.15. The van der Waals surface area contributed by atoms with Crippen LogP contribution in [0.1, 0.15) is 24.8 Å². The zero-order valence-corrected chi connectivity index (χ0v) is 11.6. The number of amides is 1. The molecule has 0 spiro atoms. The van der Waals surface area contributed by atoms with Crippen LogP contribution in [0.15, 0.2) is 30.3 Å². The quantitative estimate of drug-likeness (QED) is 0.646. The van der Waals surface area contributed by atoms with Gasteiger partial charge in [0.25, 0.3) is 0 Å². The number of nitrogen functional groups attached to an aromatic ring is 1. The van der Waals surface area contributed by atoms with Crippen molar-refractivity contribution in [3.8, 4) is 0 Å². The summed E-state index contributed by atoms with van der Waals surface area (Å²) in [6.45, 7) is 2.13. The van der Waals surface area contributed by atoms with Crippen molar-refractivity contribution in [2.45, 2.75) is 31.3 Å². The number of anilines is 1. The Bertz CT molecular complexity index is 505. The summed E-state index contributed by atoms with van der Waals surface area (Å²) in [5.74, 6) is -0.00975. The summed E-state index contributed by atoms with van der Waals surface area (Å²) >= 11 is 0. The Kier molecular flexibility index (Phi) is 3.74. The van der Waals surface area contributed by atoms with Crippen molar-refractivity contribution in [2.75, 3.05) is 18.8 Å². The zero-order valence-electron chi connectivity index (χ0n) is 11.6. The smallest absolute Gasteiger partial charge is 0.244 e. The Balaban J connectivity index is 1.48. The van der Waals surface area contributed by atoms with Gasteiger partial charge in [0.1, 0.15) is 0 Å². The largest absolute Gasteiger partial charge is 0.399 e. The molecule has 2 fully saturated rings. The van der Waals surface area contributed by atoms with Gasteiger partial charge in [-0.3, -0.25) is 9.69 Å². The van der Waals surface area contributed by atoms with E-state index in [1.165, 1.54) is 12.8 Å². The highest BCUT2D eigenvalue weighted by Crippen LogP contribution is 2.29. The second-order valence-corrected chi connectivity index (χ2v) is 5.72. The fraction of sp³-hybridized carbons (Fsp3) is 0.438. The maximum atomic E-state index is 11.9. The standard InChI is InChI=1S/C16H21N3O/c17-13-4-1-12(2-5-13)3-8-16(20)18-14-9-10-19(11-14)15-6-7-15/h1-5,8,14-15H,6-7,9-11,17H2,(H,18,20)/b8-3+. The molecular weight excluding hydrogens is 250 g/mol. The molecule has 4 heteroatoms. The Morgan fingerprint density at radius 1 is 1.25 bits per heavy atom. The minimum absolute atomic E-state index is 0.00975. The lowest BCUT2D eigenvalue weighted by Crippen LogP contribution is -2.36. The van der Waals surface area contributed by atoms with Gasteiger partial charge in [-0.15, -0.1) is 0 Å². The summed E-state index contributed by atoms with van der Waals surface area (Å²) in [7, 11) is 0. The average Bonchev–Trinajstić information content (AvgIpc) is 3.19. The van der Waals surface area contributed by atoms with Gasteiger partial charge in [-0.05, 0) is 43.0 Å². The van der Waals surface area contributed by atoms with Gasteiger partial charge in [-0.1, -0.05) is 12.1 Å². The number of nitrogens with one attached hydrogen (secondary N) is 1. The number of carbonyl (C=O) groups excluding carboxylic acids is 1. The van der Waals surface area contributed by atoms with E-state index in [1.807, 2.05) is 30.3 Å². The van der Waals surface area contributed by atoms with E-state index >= 15 is 0 Å². The summed E-state index contributed by atoms with van der Waals surface area (Å²) in [6, 6.07) is 8.58. The van der Waals surface area contributed by atoms with E-state index in [1.54, 1.807) is 6.08 Å². The molecule has 4 nitrogen and oxygen atoms in total. The van der Waals surface area contributed by atoms with Crippen LogP contribution >= 0.6 is 0 Å². The molecule has 2 aliphatic rings. The van der Waals surface area contributed by atoms with Crippen LogP contribution in [0.5, 0.6) is 0 Å². The Hall–Kier alpha value is -1.81. The minimum atomic E-state index is -0.00975. The van der Waals surface area contributed by atoms with Crippen LogP contribution in [-0.4, -0.2) is 36.0 Å². The molecule has 0 aromatic heterocycles. The van der Waals surface area contributed by atoms with Crippen molar-refractivity contribution in [3.63, 3.8) is 0 Å². The molecule has 106 valence electrons. The molecule has 1 aliphatic heterocycles. The zero-order chi connectivity index (χ0) is 13.9. The van der Waals surface area contributed by atoms with E-state index in [-0.39, 0.29) is 5.91 Å². The van der Waals surface area contributed by atoms with Crippen LogP contribution in [-0.2, 0) is 4.79 Å². The number of benzene rings is 1. The van der Waals surface area contributed by atoms with E-state index < -0.39 is 0 Å². The highest BCUT2D eigenvalue weighted by Gasteiger charge is 2.34. The number of hydrogen-bond acceptors (Lipinski definition) is 3. The maximum absolute atomic E-state index is 11.9. The molecule has 20 heavy (non-hydrogen) atoms. The number of carbonyl (C=O) groups is 1. The Morgan fingerprint density at radius 2 is 2.00 bits per heavy atom. The third-order valence-corrected chi connectivity index (χ3v) is 3.99. The molecule has 3 rings (SSSR count). The molecule has 1 unspecified atom stereocenters. The van der Waals surface area contributed by atoms with Crippen molar-refractivity contribution in [1.29, 1.82) is 0 Å². The van der Waals surface area contributed by atoms with Crippen LogP contribution < -0.4 is 11.1 Å². The third-order valence-electron chi connectivity index (χ3n) is 3.99. The predicted octanol–water partition coefficient (Wildman–Crippen LogP) is 1.63. The normalized spacial score (nSPS) is 23.3. The van der Waals surface area contributed by atoms with Crippen molar-refractivity contribution in [3.05, 3.63) is 35.9 Å². The second-order valence-electron chi connectivity index (χ2n) is 5.72. The van der Waals surface area contributed by atoms with Crippen molar-refractivity contribution in [2.24, 2.45) is 0 Å². The molecule has 1 atom stereocenters. The number of nitrogens with zero attached hydrogens (tertiary/aromatic N) is 1. The van der Waals surface area contributed by atoms with Crippen molar-refractivity contribution in [1.82, 2.24) is 10.2 Å². The first-order valence-corrected chi connectivity index (χ1v) is 7.29. The lowest BCUT2D eigenvalue weighted by molar-refractivity contribution is -0.117. The van der Waals surface area contributed by atoms with Gasteiger partial charge < -0.3 is 11.1 Å². The monoisotopic (exact) mass is 271 g/mol. The molecule has 1 saturated carbocycles. The molecule has 1 aromatic rings. The molecule has 1 saturated heterocycles. The van der Waals surface area contributed by atoms with Gasteiger partial charge >= 0.3 is 0 Å². The van der Waals surface area contributed by atoms with E-state index in [0.717, 1.165) is 36.8 Å². The molecular formula is C16H21N3O. The highest BCUT2D eigenvalue weighted by molar-refractivity contribution is 5.92. The van der Waals surface area contributed by atoms with E-state index in [9.17, 15) is 4.79 Å². The highest BCUT2D eigenvalue weighted by atomic mass is 16.1. The fourth-order valence-electron chi connectivity index (χ4n) is 2.70. The number of hydrogen-bond donors (Lipinski definition) is 2. The minimum Gasteiger partial charge on any atom is -0.399 e. The van der Waals surface area contributed by atoms with Gasteiger partial charge in [-0.2, -0.15) is 0 Å². The molecule has 1 aliphatic carbocycles. The average molecular weight is 271 g/mol. The summed E-state index contributed by atoms with van der Waals surface area (Å²) in [4.78, 5) is 14.4. The molecule has 0 radical (unpaired) electrons. The van der Waals surface area contributed by atoms with Crippen molar-refractivity contribution < 1.29 is 4.79 Å². The van der Waals surface area contributed by atoms with Crippen LogP contribution in [0.4, 0.5) is 5.69 Å². The number of rotatable bonds is 4. The first-order valence-electron chi connectivity index (χ1n) is 7.29.